The third kappa shape index (κ3) is 3.65. The lowest BCUT2D eigenvalue weighted by atomic mass is 10.1. The standard InChI is InChI=1S/C18H18ClN5O/c1-13-17(19)12-24(22-13)15-5-3-14(4-6-15)9-23-10-16(11-23)25-18-20-7-2-8-21-18/h2-8,12,16H,9-11H2,1H3. The van der Waals surface area contributed by atoms with E-state index >= 15 is 0 Å². The molecule has 1 fully saturated rings. The van der Waals surface area contributed by atoms with Gasteiger partial charge in [0.15, 0.2) is 0 Å². The Bertz CT molecular complexity index is 824. The first-order valence-corrected chi connectivity index (χ1v) is 8.52. The minimum atomic E-state index is 0.163. The summed E-state index contributed by atoms with van der Waals surface area (Å²) < 4.78 is 7.52. The minimum absolute atomic E-state index is 0.163. The van der Waals surface area contributed by atoms with Crippen LogP contribution in [0, 0.1) is 6.92 Å². The third-order valence-corrected chi connectivity index (χ3v) is 4.55. The van der Waals surface area contributed by atoms with Crippen LogP contribution in [0.15, 0.2) is 48.9 Å². The van der Waals surface area contributed by atoms with E-state index in [9.17, 15) is 0 Å². The van der Waals surface area contributed by atoms with E-state index < -0.39 is 0 Å². The van der Waals surface area contributed by atoms with Gasteiger partial charge in [0.25, 0.3) is 0 Å². The molecule has 3 aromatic rings. The van der Waals surface area contributed by atoms with E-state index in [4.69, 9.17) is 16.3 Å². The smallest absolute Gasteiger partial charge is 0.316 e. The van der Waals surface area contributed by atoms with Crippen LogP contribution in [0.4, 0.5) is 0 Å². The lowest BCUT2D eigenvalue weighted by Crippen LogP contribution is -2.53. The minimum Gasteiger partial charge on any atom is -0.457 e. The van der Waals surface area contributed by atoms with Crippen molar-refractivity contribution in [1.29, 1.82) is 0 Å². The summed E-state index contributed by atoms with van der Waals surface area (Å²) in [6, 6.07) is 10.6. The Balaban J connectivity index is 1.31. The molecule has 0 radical (unpaired) electrons. The summed E-state index contributed by atoms with van der Waals surface area (Å²) in [5, 5.41) is 5.07. The maximum atomic E-state index is 6.07. The number of halogens is 1. The van der Waals surface area contributed by atoms with Crippen molar-refractivity contribution in [3.63, 3.8) is 0 Å². The van der Waals surface area contributed by atoms with Crippen molar-refractivity contribution in [3.8, 4) is 11.7 Å². The van der Waals surface area contributed by atoms with Crippen molar-refractivity contribution in [2.24, 2.45) is 0 Å². The quantitative estimate of drug-likeness (QED) is 0.704. The zero-order valence-electron chi connectivity index (χ0n) is 13.8. The van der Waals surface area contributed by atoms with Gasteiger partial charge in [0.05, 0.1) is 16.4 Å². The van der Waals surface area contributed by atoms with Crippen molar-refractivity contribution in [1.82, 2.24) is 24.6 Å². The molecule has 0 N–H and O–H groups in total. The van der Waals surface area contributed by atoms with Crippen molar-refractivity contribution in [2.75, 3.05) is 13.1 Å². The molecule has 1 aromatic carbocycles. The molecule has 0 saturated carbocycles. The number of nitrogens with zero attached hydrogens (tertiary/aromatic N) is 5. The summed E-state index contributed by atoms with van der Waals surface area (Å²) in [6.45, 7) is 4.56. The molecule has 7 heteroatoms. The van der Waals surface area contributed by atoms with Crippen LogP contribution in [-0.4, -0.2) is 43.8 Å². The zero-order chi connectivity index (χ0) is 17.2. The van der Waals surface area contributed by atoms with Crippen LogP contribution in [0.1, 0.15) is 11.3 Å². The summed E-state index contributed by atoms with van der Waals surface area (Å²) in [7, 11) is 0. The molecule has 3 heterocycles. The van der Waals surface area contributed by atoms with Gasteiger partial charge in [-0.2, -0.15) is 5.10 Å². The number of hydrogen-bond donors (Lipinski definition) is 0. The molecule has 0 atom stereocenters. The molecule has 2 aromatic heterocycles. The molecule has 6 nitrogen and oxygen atoms in total. The number of benzene rings is 1. The normalized spacial score (nSPS) is 15.1. The highest BCUT2D eigenvalue weighted by Crippen LogP contribution is 2.19. The van der Waals surface area contributed by atoms with Crippen LogP contribution in [0.5, 0.6) is 6.01 Å². The van der Waals surface area contributed by atoms with E-state index in [0.29, 0.717) is 11.0 Å². The van der Waals surface area contributed by atoms with E-state index in [1.807, 2.05) is 13.1 Å². The number of likely N-dealkylation sites (tertiary alicyclic amines) is 1. The molecule has 0 spiro atoms. The lowest BCUT2D eigenvalue weighted by Gasteiger charge is -2.38. The second kappa shape index (κ2) is 6.82. The van der Waals surface area contributed by atoms with Gasteiger partial charge in [0, 0.05) is 38.2 Å². The van der Waals surface area contributed by atoms with E-state index in [0.717, 1.165) is 31.0 Å². The van der Waals surface area contributed by atoms with Crippen LogP contribution in [0.2, 0.25) is 5.02 Å². The number of aryl methyl sites for hydroxylation is 1. The van der Waals surface area contributed by atoms with Gasteiger partial charge >= 0.3 is 6.01 Å². The number of ether oxygens (including phenoxy) is 1. The number of hydrogen-bond acceptors (Lipinski definition) is 5. The molecule has 0 aliphatic carbocycles. The highest BCUT2D eigenvalue weighted by atomic mass is 35.5. The van der Waals surface area contributed by atoms with Gasteiger partial charge < -0.3 is 4.74 Å². The van der Waals surface area contributed by atoms with E-state index in [1.165, 1.54) is 5.56 Å². The second-order valence-corrected chi connectivity index (χ2v) is 6.55. The van der Waals surface area contributed by atoms with Crippen molar-refractivity contribution in [2.45, 2.75) is 19.6 Å². The molecule has 25 heavy (non-hydrogen) atoms. The first-order chi connectivity index (χ1) is 12.2. The van der Waals surface area contributed by atoms with Gasteiger partial charge in [-0.25, -0.2) is 14.6 Å². The lowest BCUT2D eigenvalue weighted by molar-refractivity contribution is 0.00884. The molecule has 4 rings (SSSR count). The average molecular weight is 356 g/mol. The summed E-state index contributed by atoms with van der Waals surface area (Å²) in [4.78, 5) is 10.5. The Morgan fingerprint density at radius 3 is 2.52 bits per heavy atom. The summed E-state index contributed by atoms with van der Waals surface area (Å²) in [6.07, 6.45) is 5.37. The van der Waals surface area contributed by atoms with E-state index in [-0.39, 0.29) is 6.10 Å². The van der Waals surface area contributed by atoms with Gasteiger partial charge in [0.1, 0.15) is 6.10 Å². The monoisotopic (exact) mass is 355 g/mol. The predicted molar refractivity (Wildman–Crippen MR) is 95.0 cm³/mol. The molecule has 128 valence electrons. The maximum absolute atomic E-state index is 6.07. The summed E-state index contributed by atoms with van der Waals surface area (Å²) in [5.74, 6) is 0. The van der Waals surface area contributed by atoms with Crippen LogP contribution < -0.4 is 4.74 Å². The van der Waals surface area contributed by atoms with Crippen LogP contribution >= 0.6 is 11.6 Å². The Hall–Kier alpha value is -2.44. The van der Waals surface area contributed by atoms with Gasteiger partial charge in [-0.15, -0.1) is 0 Å². The fraction of sp³-hybridized carbons (Fsp3) is 0.278. The first-order valence-electron chi connectivity index (χ1n) is 8.14. The molecule has 1 saturated heterocycles. The molecule has 0 amide bonds. The molecule has 1 aliphatic heterocycles. The van der Waals surface area contributed by atoms with Gasteiger partial charge in [-0.05, 0) is 30.7 Å². The highest BCUT2D eigenvalue weighted by molar-refractivity contribution is 6.31. The van der Waals surface area contributed by atoms with Crippen LogP contribution in [-0.2, 0) is 6.54 Å². The first kappa shape index (κ1) is 16.1. The molecular formula is C18H18ClN5O. The Morgan fingerprint density at radius 2 is 1.88 bits per heavy atom. The van der Waals surface area contributed by atoms with Crippen molar-refractivity contribution in [3.05, 3.63) is 65.2 Å². The average Bonchev–Trinajstić information content (AvgIpc) is 2.93. The Morgan fingerprint density at radius 1 is 1.16 bits per heavy atom. The summed E-state index contributed by atoms with van der Waals surface area (Å²) in [5.41, 5.74) is 3.10. The molecule has 0 bridgehead atoms. The maximum Gasteiger partial charge on any atom is 0.316 e. The third-order valence-electron chi connectivity index (χ3n) is 4.18. The van der Waals surface area contributed by atoms with E-state index in [2.05, 4.69) is 44.2 Å². The Labute approximate surface area is 151 Å². The topological polar surface area (TPSA) is 56.1 Å². The number of aromatic nitrogens is 4. The number of rotatable bonds is 5. The fourth-order valence-electron chi connectivity index (χ4n) is 2.81. The van der Waals surface area contributed by atoms with Crippen molar-refractivity contribution >= 4 is 11.6 Å². The van der Waals surface area contributed by atoms with Crippen LogP contribution in [0.25, 0.3) is 5.69 Å². The van der Waals surface area contributed by atoms with Gasteiger partial charge in [0.2, 0.25) is 0 Å². The highest BCUT2D eigenvalue weighted by Gasteiger charge is 2.28. The fourth-order valence-corrected chi connectivity index (χ4v) is 2.94. The predicted octanol–water partition coefficient (Wildman–Crippen LogP) is 2.89. The Kier molecular flexibility index (Phi) is 4.38. The molecule has 1 aliphatic rings. The van der Waals surface area contributed by atoms with Gasteiger partial charge in [-0.1, -0.05) is 23.7 Å². The van der Waals surface area contributed by atoms with Crippen molar-refractivity contribution < 1.29 is 4.74 Å². The van der Waals surface area contributed by atoms with Gasteiger partial charge in [-0.3, -0.25) is 4.90 Å². The summed E-state index contributed by atoms with van der Waals surface area (Å²) >= 11 is 6.07. The second-order valence-electron chi connectivity index (χ2n) is 6.14. The van der Waals surface area contributed by atoms with Crippen LogP contribution in [0.3, 0.4) is 0 Å². The van der Waals surface area contributed by atoms with E-state index in [1.54, 1.807) is 23.1 Å². The molecule has 0 unspecified atom stereocenters. The largest absolute Gasteiger partial charge is 0.457 e. The molecular weight excluding hydrogens is 338 g/mol. The SMILES string of the molecule is Cc1nn(-c2ccc(CN3CC(Oc4ncccn4)C3)cc2)cc1Cl. The zero-order valence-corrected chi connectivity index (χ0v) is 14.6.